The van der Waals surface area contributed by atoms with E-state index in [4.69, 9.17) is 5.11 Å². The van der Waals surface area contributed by atoms with E-state index in [2.05, 4.69) is 15.2 Å². The number of anilines is 1. The number of aliphatic carboxylic acids is 1. The predicted molar refractivity (Wildman–Crippen MR) is 70.1 cm³/mol. The zero-order chi connectivity index (χ0) is 13.8. The Labute approximate surface area is 110 Å². The molecule has 7 heteroatoms. The van der Waals surface area contributed by atoms with Gasteiger partial charge in [-0.2, -0.15) is 0 Å². The number of fused-ring (bicyclic) bond motifs is 1. The SMILES string of the molecule is CC(C)N(CCCC(=O)O)c1nccn2cnnc12. The quantitative estimate of drug-likeness (QED) is 0.843. The molecule has 0 radical (unpaired) electrons. The van der Waals surface area contributed by atoms with Crippen molar-refractivity contribution in [3.63, 3.8) is 0 Å². The summed E-state index contributed by atoms with van der Waals surface area (Å²) in [4.78, 5) is 17.0. The van der Waals surface area contributed by atoms with E-state index in [0.717, 1.165) is 5.82 Å². The lowest BCUT2D eigenvalue weighted by Crippen LogP contribution is -2.33. The molecule has 0 fully saturated rings. The summed E-state index contributed by atoms with van der Waals surface area (Å²) in [5.74, 6) is -0.0438. The van der Waals surface area contributed by atoms with Crippen LogP contribution in [0.3, 0.4) is 0 Å². The van der Waals surface area contributed by atoms with Crippen LogP contribution in [0.2, 0.25) is 0 Å². The summed E-state index contributed by atoms with van der Waals surface area (Å²) in [6.45, 7) is 4.72. The molecular weight excluding hydrogens is 246 g/mol. The Morgan fingerprint density at radius 2 is 2.32 bits per heavy atom. The van der Waals surface area contributed by atoms with E-state index in [1.165, 1.54) is 0 Å². The van der Waals surface area contributed by atoms with Crippen LogP contribution in [0, 0.1) is 0 Å². The van der Waals surface area contributed by atoms with Crippen LogP contribution in [-0.2, 0) is 4.79 Å². The predicted octanol–water partition coefficient (Wildman–Crippen LogP) is 1.20. The monoisotopic (exact) mass is 263 g/mol. The fraction of sp³-hybridized carbons (Fsp3) is 0.500. The fourth-order valence-electron chi connectivity index (χ4n) is 1.96. The summed E-state index contributed by atoms with van der Waals surface area (Å²) in [7, 11) is 0. The molecule has 2 heterocycles. The molecule has 7 nitrogen and oxygen atoms in total. The van der Waals surface area contributed by atoms with Gasteiger partial charge in [0.25, 0.3) is 0 Å². The van der Waals surface area contributed by atoms with Gasteiger partial charge in [-0.3, -0.25) is 9.20 Å². The van der Waals surface area contributed by atoms with Crippen LogP contribution in [-0.4, -0.2) is 43.2 Å². The van der Waals surface area contributed by atoms with Crippen molar-refractivity contribution >= 4 is 17.4 Å². The zero-order valence-corrected chi connectivity index (χ0v) is 11.0. The lowest BCUT2D eigenvalue weighted by Gasteiger charge is -2.27. The van der Waals surface area contributed by atoms with Crippen LogP contribution in [0.15, 0.2) is 18.7 Å². The highest BCUT2D eigenvalue weighted by molar-refractivity contribution is 5.67. The second-order valence-corrected chi connectivity index (χ2v) is 4.60. The van der Waals surface area contributed by atoms with E-state index >= 15 is 0 Å². The number of rotatable bonds is 6. The molecule has 19 heavy (non-hydrogen) atoms. The number of carbonyl (C=O) groups is 1. The summed E-state index contributed by atoms with van der Waals surface area (Å²) < 4.78 is 1.80. The highest BCUT2D eigenvalue weighted by Crippen LogP contribution is 2.19. The Balaban J connectivity index is 2.23. The Morgan fingerprint density at radius 1 is 1.53 bits per heavy atom. The molecular formula is C12H17N5O2. The van der Waals surface area contributed by atoms with E-state index in [1.807, 2.05) is 18.7 Å². The number of nitrogens with zero attached hydrogens (tertiary/aromatic N) is 5. The third-order valence-corrected chi connectivity index (χ3v) is 2.88. The second-order valence-electron chi connectivity index (χ2n) is 4.60. The topological polar surface area (TPSA) is 83.6 Å². The fourth-order valence-corrected chi connectivity index (χ4v) is 1.96. The van der Waals surface area contributed by atoms with Crippen molar-refractivity contribution in [2.75, 3.05) is 11.4 Å². The van der Waals surface area contributed by atoms with E-state index in [-0.39, 0.29) is 12.5 Å². The number of carboxylic acids is 1. The first-order valence-electron chi connectivity index (χ1n) is 6.22. The van der Waals surface area contributed by atoms with Gasteiger partial charge in [-0.25, -0.2) is 4.98 Å². The van der Waals surface area contributed by atoms with Crippen LogP contribution < -0.4 is 4.90 Å². The lowest BCUT2D eigenvalue weighted by atomic mass is 10.2. The molecule has 2 aromatic rings. The van der Waals surface area contributed by atoms with E-state index in [1.54, 1.807) is 23.1 Å². The third kappa shape index (κ3) is 2.98. The zero-order valence-electron chi connectivity index (χ0n) is 11.0. The number of aromatic nitrogens is 4. The van der Waals surface area contributed by atoms with Crippen molar-refractivity contribution in [3.05, 3.63) is 18.7 Å². The second kappa shape index (κ2) is 5.64. The summed E-state index contributed by atoms with van der Waals surface area (Å²) >= 11 is 0. The maximum absolute atomic E-state index is 10.6. The highest BCUT2D eigenvalue weighted by atomic mass is 16.4. The van der Waals surface area contributed by atoms with Gasteiger partial charge in [0.2, 0.25) is 5.65 Å². The number of carboxylic acid groups (broad SMARTS) is 1. The van der Waals surface area contributed by atoms with Crippen molar-refractivity contribution in [2.24, 2.45) is 0 Å². The Bertz CT molecular complexity index is 566. The minimum Gasteiger partial charge on any atom is -0.481 e. The maximum Gasteiger partial charge on any atom is 0.303 e. The highest BCUT2D eigenvalue weighted by Gasteiger charge is 2.16. The molecule has 0 spiro atoms. The van der Waals surface area contributed by atoms with E-state index in [9.17, 15) is 4.79 Å². The molecule has 0 amide bonds. The third-order valence-electron chi connectivity index (χ3n) is 2.88. The first-order chi connectivity index (χ1) is 9.09. The molecule has 0 aliphatic rings. The Morgan fingerprint density at radius 3 is 3.00 bits per heavy atom. The number of hydrogen-bond donors (Lipinski definition) is 1. The summed E-state index contributed by atoms with van der Waals surface area (Å²) in [5.41, 5.74) is 0.687. The molecule has 0 saturated heterocycles. The van der Waals surface area contributed by atoms with Crippen molar-refractivity contribution in [3.8, 4) is 0 Å². The van der Waals surface area contributed by atoms with Gasteiger partial charge in [0.15, 0.2) is 5.82 Å². The molecule has 2 rings (SSSR count). The summed E-state index contributed by atoms with van der Waals surface area (Å²) in [6.07, 6.45) is 5.83. The van der Waals surface area contributed by atoms with Crippen molar-refractivity contribution < 1.29 is 9.90 Å². The molecule has 0 aliphatic heterocycles. The molecule has 1 N–H and O–H groups in total. The van der Waals surface area contributed by atoms with E-state index < -0.39 is 5.97 Å². The van der Waals surface area contributed by atoms with Crippen molar-refractivity contribution in [1.82, 2.24) is 19.6 Å². The van der Waals surface area contributed by atoms with Crippen LogP contribution in [0.1, 0.15) is 26.7 Å². The average molecular weight is 263 g/mol. The van der Waals surface area contributed by atoms with Gasteiger partial charge in [-0.15, -0.1) is 10.2 Å². The molecule has 102 valence electrons. The molecule has 0 unspecified atom stereocenters. The van der Waals surface area contributed by atoms with Crippen LogP contribution in [0.4, 0.5) is 5.82 Å². The van der Waals surface area contributed by atoms with Crippen LogP contribution in [0.25, 0.3) is 5.65 Å². The largest absolute Gasteiger partial charge is 0.481 e. The standard InChI is InChI=1S/C12H17N5O2/c1-9(2)17(6-3-4-10(18)19)11-12-15-14-8-16(12)7-5-13-11/h5,7-9H,3-4,6H2,1-2H3,(H,18,19). The van der Waals surface area contributed by atoms with Crippen LogP contribution in [0.5, 0.6) is 0 Å². The average Bonchev–Trinajstić information content (AvgIpc) is 2.82. The first-order valence-corrected chi connectivity index (χ1v) is 6.22. The number of hydrogen-bond acceptors (Lipinski definition) is 5. The van der Waals surface area contributed by atoms with Crippen molar-refractivity contribution in [1.29, 1.82) is 0 Å². The molecule has 0 aromatic carbocycles. The molecule has 2 aromatic heterocycles. The molecule has 0 atom stereocenters. The molecule has 0 saturated carbocycles. The normalized spacial score (nSPS) is 11.1. The van der Waals surface area contributed by atoms with Gasteiger partial charge in [0.05, 0.1) is 0 Å². The minimum absolute atomic E-state index is 0.152. The first kappa shape index (κ1) is 13.3. The maximum atomic E-state index is 10.6. The Kier molecular flexibility index (Phi) is 3.94. The summed E-state index contributed by atoms with van der Waals surface area (Å²) in [6, 6.07) is 0.212. The van der Waals surface area contributed by atoms with Crippen LogP contribution >= 0.6 is 0 Å². The van der Waals surface area contributed by atoms with Gasteiger partial charge >= 0.3 is 5.97 Å². The van der Waals surface area contributed by atoms with Gasteiger partial charge in [-0.05, 0) is 20.3 Å². The lowest BCUT2D eigenvalue weighted by molar-refractivity contribution is -0.137. The van der Waals surface area contributed by atoms with E-state index in [0.29, 0.717) is 18.6 Å². The van der Waals surface area contributed by atoms with Crippen molar-refractivity contribution in [2.45, 2.75) is 32.7 Å². The van der Waals surface area contributed by atoms with Gasteiger partial charge in [0, 0.05) is 31.4 Å². The minimum atomic E-state index is -0.780. The smallest absolute Gasteiger partial charge is 0.303 e. The van der Waals surface area contributed by atoms with Gasteiger partial charge < -0.3 is 10.0 Å². The molecule has 0 bridgehead atoms. The molecule has 0 aliphatic carbocycles. The van der Waals surface area contributed by atoms with Gasteiger partial charge in [0.1, 0.15) is 6.33 Å². The summed E-state index contributed by atoms with van der Waals surface area (Å²) in [5, 5.41) is 16.6. The Hall–Kier alpha value is -2.18. The van der Waals surface area contributed by atoms with Gasteiger partial charge in [-0.1, -0.05) is 0 Å².